The maximum absolute atomic E-state index is 13.3. The summed E-state index contributed by atoms with van der Waals surface area (Å²) < 4.78 is 38.5. The molecule has 0 saturated carbocycles. The zero-order valence-electron chi connectivity index (χ0n) is 18.3. The molecule has 0 saturated heterocycles. The topological polar surface area (TPSA) is 84.9 Å². The summed E-state index contributed by atoms with van der Waals surface area (Å²) in [5.74, 6) is 0.851. The molecule has 3 aromatic carbocycles. The number of hydrogen-bond donors (Lipinski definition) is 1. The first-order chi connectivity index (χ1) is 15.8. The van der Waals surface area contributed by atoms with Gasteiger partial charge in [-0.2, -0.15) is 0 Å². The van der Waals surface area contributed by atoms with Crippen LogP contribution in [0.2, 0.25) is 5.02 Å². The first-order valence-electron chi connectivity index (χ1n) is 10.2. The van der Waals surface area contributed by atoms with E-state index in [1.807, 2.05) is 0 Å². The molecule has 0 radical (unpaired) electrons. The van der Waals surface area contributed by atoms with Crippen molar-refractivity contribution in [3.63, 3.8) is 0 Å². The lowest BCUT2D eigenvalue weighted by Crippen LogP contribution is -2.45. The van der Waals surface area contributed by atoms with Crippen molar-refractivity contribution in [1.82, 2.24) is 5.32 Å². The SMILES string of the molecule is COc1ccc(OCC(C)NC(=O)CN(c2ccccc2Cl)S(=O)(=O)c2ccccc2)cc1. The molecule has 3 aromatic rings. The van der Waals surface area contributed by atoms with Crippen LogP contribution in [0, 0.1) is 0 Å². The number of sulfonamides is 1. The van der Waals surface area contributed by atoms with Gasteiger partial charge in [0.25, 0.3) is 10.0 Å². The molecule has 0 aliphatic heterocycles. The Balaban J connectivity index is 1.71. The van der Waals surface area contributed by atoms with Gasteiger partial charge in [-0.1, -0.05) is 41.9 Å². The lowest BCUT2D eigenvalue weighted by atomic mass is 10.3. The van der Waals surface area contributed by atoms with Gasteiger partial charge < -0.3 is 14.8 Å². The highest BCUT2D eigenvalue weighted by Gasteiger charge is 2.28. The number of benzene rings is 3. The third-order valence-electron chi connectivity index (χ3n) is 4.71. The predicted molar refractivity (Wildman–Crippen MR) is 129 cm³/mol. The Kier molecular flexibility index (Phi) is 8.19. The lowest BCUT2D eigenvalue weighted by Gasteiger charge is -2.25. The van der Waals surface area contributed by atoms with Crippen LogP contribution < -0.4 is 19.1 Å². The van der Waals surface area contributed by atoms with E-state index < -0.39 is 22.5 Å². The first kappa shape index (κ1) is 24.4. The Morgan fingerprint density at radius 3 is 2.21 bits per heavy atom. The average Bonchev–Trinajstić information content (AvgIpc) is 2.82. The number of nitrogens with zero attached hydrogens (tertiary/aromatic N) is 1. The van der Waals surface area contributed by atoms with E-state index in [1.54, 1.807) is 80.8 Å². The van der Waals surface area contributed by atoms with Crippen LogP contribution in [-0.2, 0) is 14.8 Å². The number of nitrogens with one attached hydrogen (secondary N) is 1. The van der Waals surface area contributed by atoms with E-state index in [1.165, 1.54) is 12.1 Å². The molecule has 7 nitrogen and oxygen atoms in total. The molecule has 0 aliphatic carbocycles. The predicted octanol–water partition coefficient (Wildman–Crippen LogP) is 4.13. The van der Waals surface area contributed by atoms with Crippen LogP contribution in [0.15, 0.2) is 83.8 Å². The fraction of sp³-hybridized carbons (Fsp3) is 0.208. The molecule has 0 fully saturated rings. The van der Waals surface area contributed by atoms with Crippen molar-refractivity contribution < 1.29 is 22.7 Å². The number of hydrogen-bond acceptors (Lipinski definition) is 5. The molecule has 0 spiro atoms. The summed E-state index contributed by atoms with van der Waals surface area (Å²) in [6.07, 6.45) is 0. The summed E-state index contributed by atoms with van der Waals surface area (Å²) in [5, 5.41) is 3.00. The number of carbonyl (C=O) groups excluding carboxylic acids is 1. The van der Waals surface area contributed by atoms with Crippen LogP contribution in [-0.4, -0.2) is 40.6 Å². The number of carbonyl (C=O) groups is 1. The van der Waals surface area contributed by atoms with Gasteiger partial charge in [0.15, 0.2) is 0 Å². The molecule has 0 bridgehead atoms. The van der Waals surface area contributed by atoms with E-state index in [0.717, 1.165) is 4.31 Å². The van der Waals surface area contributed by atoms with E-state index in [0.29, 0.717) is 11.5 Å². The molecular formula is C24H25ClN2O5S. The molecule has 0 aromatic heterocycles. The maximum Gasteiger partial charge on any atom is 0.264 e. The number of halogens is 1. The third kappa shape index (κ3) is 6.40. The van der Waals surface area contributed by atoms with Gasteiger partial charge in [0, 0.05) is 0 Å². The summed E-state index contributed by atoms with van der Waals surface area (Å²) in [4.78, 5) is 12.9. The standard InChI is InChI=1S/C24H25ClN2O5S/c1-18(17-32-20-14-12-19(31-2)13-15-20)26-24(28)16-27(23-11-7-6-10-22(23)25)33(29,30)21-8-4-3-5-9-21/h3-15,18H,16-17H2,1-2H3,(H,26,28). The highest BCUT2D eigenvalue weighted by atomic mass is 35.5. The summed E-state index contributed by atoms with van der Waals surface area (Å²) in [6, 6.07) is 21.1. The Bertz CT molecular complexity index is 1170. The quantitative estimate of drug-likeness (QED) is 0.464. The van der Waals surface area contributed by atoms with Crippen molar-refractivity contribution >= 4 is 33.2 Å². The van der Waals surface area contributed by atoms with E-state index in [4.69, 9.17) is 21.1 Å². The number of para-hydroxylation sites is 1. The minimum Gasteiger partial charge on any atom is -0.497 e. The third-order valence-corrected chi connectivity index (χ3v) is 6.80. The van der Waals surface area contributed by atoms with Gasteiger partial charge >= 0.3 is 0 Å². The molecule has 1 atom stereocenters. The average molecular weight is 489 g/mol. The maximum atomic E-state index is 13.3. The second kappa shape index (κ2) is 11.1. The van der Waals surface area contributed by atoms with Gasteiger partial charge in [0.05, 0.1) is 28.8 Å². The fourth-order valence-corrected chi connectivity index (χ4v) is 4.81. The second-order valence-electron chi connectivity index (χ2n) is 7.23. The molecule has 0 aliphatic rings. The van der Waals surface area contributed by atoms with Crippen LogP contribution in [0.25, 0.3) is 0 Å². The van der Waals surface area contributed by atoms with Crippen LogP contribution >= 0.6 is 11.6 Å². The Morgan fingerprint density at radius 2 is 1.58 bits per heavy atom. The van der Waals surface area contributed by atoms with Crippen LogP contribution in [0.1, 0.15) is 6.92 Å². The van der Waals surface area contributed by atoms with Crippen LogP contribution in [0.4, 0.5) is 5.69 Å². The summed E-state index contributed by atoms with van der Waals surface area (Å²) >= 11 is 6.27. The van der Waals surface area contributed by atoms with Crippen molar-refractivity contribution in [3.8, 4) is 11.5 Å². The van der Waals surface area contributed by atoms with Crippen molar-refractivity contribution in [3.05, 3.63) is 83.9 Å². The molecular weight excluding hydrogens is 464 g/mol. The van der Waals surface area contributed by atoms with Gasteiger partial charge in [-0.3, -0.25) is 9.10 Å². The van der Waals surface area contributed by atoms with Crippen molar-refractivity contribution in [2.45, 2.75) is 17.9 Å². The smallest absolute Gasteiger partial charge is 0.264 e. The zero-order chi connectivity index (χ0) is 23.8. The Morgan fingerprint density at radius 1 is 0.970 bits per heavy atom. The molecule has 33 heavy (non-hydrogen) atoms. The van der Waals surface area contributed by atoms with Crippen molar-refractivity contribution in [1.29, 1.82) is 0 Å². The molecule has 1 unspecified atom stereocenters. The molecule has 1 amide bonds. The first-order valence-corrected chi connectivity index (χ1v) is 12.0. The van der Waals surface area contributed by atoms with Gasteiger partial charge in [-0.15, -0.1) is 0 Å². The van der Waals surface area contributed by atoms with Crippen LogP contribution in [0.3, 0.4) is 0 Å². The number of methoxy groups -OCH3 is 1. The second-order valence-corrected chi connectivity index (χ2v) is 9.50. The van der Waals surface area contributed by atoms with Crippen molar-refractivity contribution in [2.24, 2.45) is 0 Å². The van der Waals surface area contributed by atoms with Gasteiger partial charge in [0.2, 0.25) is 5.91 Å². The molecule has 1 N–H and O–H groups in total. The Hall–Kier alpha value is -3.23. The minimum atomic E-state index is -4.02. The number of ether oxygens (including phenoxy) is 2. The lowest BCUT2D eigenvalue weighted by molar-refractivity contribution is -0.120. The van der Waals surface area contributed by atoms with E-state index in [2.05, 4.69) is 5.32 Å². The summed E-state index contributed by atoms with van der Waals surface area (Å²) in [5.41, 5.74) is 0.223. The molecule has 3 rings (SSSR count). The van der Waals surface area contributed by atoms with E-state index in [9.17, 15) is 13.2 Å². The number of rotatable bonds is 10. The molecule has 174 valence electrons. The zero-order valence-corrected chi connectivity index (χ0v) is 19.8. The van der Waals surface area contributed by atoms with E-state index >= 15 is 0 Å². The number of amides is 1. The van der Waals surface area contributed by atoms with Crippen LogP contribution in [0.5, 0.6) is 11.5 Å². The highest BCUT2D eigenvalue weighted by Crippen LogP contribution is 2.30. The van der Waals surface area contributed by atoms with Crippen molar-refractivity contribution in [2.75, 3.05) is 24.6 Å². The Labute approximate surface area is 198 Å². The molecule has 9 heteroatoms. The van der Waals surface area contributed by atoms with Gasteiger partial charge in [0.1, 0.15) is 24.7 Å². The summed E-state index contributed by atoms with van der Waals surface area (Å²) in [7, 11) is -2.44. The van der Waals surface area contributed by atoms with Gasteiger partial charge in [-0.25, -0.2) is 8.42 Å². The highest BCUT2D eigenvalue weighted by molar-refractivity contribution is 7.92. The fourth-order valence-electron chi connectivity index (χ4n) is 3.06. The largest absolute Gasteiger partial charge is 0.497 e. The normalized spacial score (nSPS) is 12.0. The van der Waals surface area contributed by atoms with E-state index in [-0.39, 0.29) is 28.3 Å². The minimum absolute atomic E-state index is 0.0635. The molecule has 0 heterocycles. The summed E-state index contributed by atoms with van der Waals surface area (Å²) in [6.45, 7) is 1.54. The van der Waals surface area contributed by atoms with Gasteiger partial charge in [-0.05, 0) is 55.5 Å². The monoisotopic (exact) mass is 488 g/mol. The number of anilines is 1.